The van der Waals surface area contributed by atoms with Crippen molar-refractivity contribution in [3.05, 3.63) is 35.9 Å². The number of hydrogen-bond donors (Lipinski definition) is 5. The molecule has 4 atom stereocenters. The van der Waals surface area contributed by atoms with Gasteiger partial charge in [-0.1, -0.05) is 44.2 Å². The molecule has 1 aliphatic heterocycles. The Hall–Kier alpha value is -3.47. The third kappa shape index (κ3) is 8.63. The summed E-state index contributed by atoms with van der Waals surface area (Å²) in [4.78, 5) is 62.9. The second-order valence-corrected chi connectivity index (χ2v) is 9.51. The lowest BCUT2D eigenvalue weighted by atomic mass is 10.0. The Morgan fingerprint density at radius 3 is 2.25 bits per heavy atom. The van der Waals surface area contributed by atoms with Gasteiger partial charge in [-0.2, -0.15) is 0 Å². The van der Waals surface area contributed by atoms with Gasteiger partial charge in [0.2, 0.25) is 17.7 Å². The van der Waals surface area contributed by atoms with E-state index in [0.29, 0.717) is 6.42 Å². The standard InChI is InChI=1S/C25H36N4O7/c1-15(2)13-19(28-22(32)17(26)14-16-7-4-3-5-8-16)23(33)27-18(10-11-21(30)31)24(34)29-12-6-9-20(29)25(35)36/h3-5,7-8,15,17-20H,6,9-14,26H2,1-2H3,(H,27,33)(H,28,32)(H,30,31)(H,35,36). The van der Waals surface area contributed by atoms with Crippen molar-refractivity contribution < 1.29 is 34.2 Å². The van der Waals surface area contributed by atoms with Crippen LogP contribution in [0.2, 0.25) is 0 Å². The molecule has 1 fully saturated rings. The highest BCUT2D eigenvalue weighted by Gasteiger charge is 2.38. The summed E-state index contributed by atoms with van der Waals surface area (Å²) in [6.07, 6.45) is 0.703. The number of nitrogens with one attached hydrogen (secondary N) is 2. The van der Waals surface area contributed by atoms with Crippen molar-refractivity contribution in [1.29, 1.82) is 0 Å². The molecule has 1 heterocycles. The summed E-state index contributed by atoms with van der Waals surface area (Å²) in [5.41, 5.74) is 6.92. The van der Waals surface area contributed by atoms with E-state index >= 15 is 0 Å². The number of carbonyl (C=O) groups is 5. The summed E-state index contributed by atoms with van der Waals surface area (Å²) >= 11 is 0. The van der Waals surface area contributed by atoms with Crippen molar-refractivity contribution >= 4 is 29.7 Å². The van der Waals surface area contributed by atoms with E-state index in [1.54, 1.807) is 0 Å². The molecule has 4 unspecified atom stereocenters. The quantitative estimate of drug-likeness (QED) is 0.258. The predicted molar refractivity (Wildman–Crippen MR) is 131 cm³/mol. The van der Waals surface area contributed by atoms with Crippen LogP contribution in [0.3, 0.4) is 0 Å². The molecular formula is C25H36N4O7. The smallest absolute Gasteiger partial charge is 0.326 e. The van der Waals surface area contributed by atoms with E-state index in [1.165, 1.54) is 4.90 Å². The van der Waals surface area contributed by atoms with Crippen LogP contribution >= 0.6 is 0 Å². The van der Waals surface area contributed by atoms with Crippen LogP contribution in [0, 0.1) is 5.92 Å². The van der Waals surface area contributed by atoms with Gasteiger partial charge in [-0.25, -0.2) is 4.79 Å². The Balaban J connectivity index is 2.14. The van der Waals surface area contributed by atoms with Crippen LogP contribution in [0.1, 0.15) is 51.5 Å². The predicted octanol–water partition coefficient (Wildman–Crippen LogP) is 0.513. The number of amides is 3. The highest BCUT2D eigenvalue weighted by Crippen LogP contribution is 2.20. The summed E-state index contributed by atoms with van der Waals surface area (Å²) in [5.74, 6) is -4.13. The van der Waals surface area contributed by atoms with Crippen molar-refractivity contribution in [3.63, 3.8) is 0 Å². The molecule has 1 aromatic rings. The Bertz CT molecular complexity index is 938. The molecule has 36 heavy (non-hydrogen) atoms. The Morgan fingerprint density at radius 2 is 1.67 bits per heavy atom. The van der Waals surface area contributed by atoms with Gasteiger partial charge in [-0.05, 0) is 43.6 Å². The highest BCUT2D eigenvalue weighted by atomic mass is 16.4. The molecule has 11 heteroatoms. The maximum Gasteiger partial charge on any atom is 0.326 e. The highest BCUT2D eigenvalue weighted by molar-refractivity contribution is 5.94. The zero-order valence-corrected chi connectivity index (χ0v) is 20.7. The van der Waals surface area contributed by atoms with Crippen LogP contribution in [0.25, 0.3) is 0 Å². The largest absolute Gasteiger partial charge is 0.481 e. The fraction of sp³-hybridized carbons (Fsp3) is 0.560. The summed E-state index contributed by atoms with van der Waals surface area (Å²) < 4.78 is 0. The van der Waals surface area contributed by atoms with E-state index in [1.807, 2.05) is 44.2 Å². The molecule has 1 aromatic carbocycles. The van der Waals surface area contributed by atoms with E-state index in [9.17, 15) is 29.1 Å². The zero-order valence-electron chi connectivity index (χ0n) is 20.7. The summed E-state index contributed by atoms with van der Waals surface area (Å²) in [6.45, 7) is 3.94. The normalized spacial score (nSPS) is 17.8. The number of nitrogens with zero attached hydrogens (tertiary/aromatic N) is 1. The SMILES string of the molecule is CC(C)CC(NC(=O)C(N)Cc1ccccc1)C(=O)NC(CCC(=O)O)C(=O)N1CCCC1C(=O)O. The average Bonchev–Trinajstić information content (AvgIpc) is 3.31. The molecule has 0 spiro atoms. The zero-order chi connectivity index (χ0) is 26.8. The molecule has 0 saturated carbocycles. The summed E-state index contributed by atoms with van der Waals surface area (Å²) in [5, 5.41) is 23.8. The first-order chi connectivity index (χ1) is 17.0. The number of carboxylic acid groups (broad SMARTS) is 2. The lowest BCUT2D eigenvalue weighted by Crippen LogP contribution is -2.57. The van der Waals surface area contributed by atoms with Crippen LogP contribution < -0.4 is 16.4 Å². The molecular weight excluding hydrogens is 468 g/mol. The fourth-order valence-corrected chi connectivity index (χ4v) is 4.23. The van der Waals surface area contributed by atoms with Crippen LogP contribution in [-0.2, 0) is 30.4 Å². The molecule has 11 nitrogen and oxygen atoms in total. The molecule has 0 aliphatic carbocycles. The minimum absolute atomic E-state index is 0.00884. The van der Waals surface area contributed by atoms with Gasteiger partial charge in [0.1, 0.15) is 18.1 Å². The van der Waals surface area contributed by atoms with E-state index in [-0.39, 0.29) is 38.1 Å². The maximum absolute atomic E-state index is 13.2. The minimum atomic E-state index is -1.24. The van der Waals surface area contributed by atoms with Gasteiger partial charge in [-0.3, -0.25) is 19.2 Å². The number of hydrogen-bond acceptors (Lipinski definition) is 6. The monoisotopic (exact) mass is 504 g/mol. The van der Waals surface area contributed by atoms with E-state index < -0.39 is 60.2 Å². The lowest BCUT2D eigenvalue weighted by Gasteiger charge is -2.29. The van der Waals surface area contributed by atoms with E-state index in [2.05, 4.69) is 10.6 Å². The van der Waals surface area contributed by atoms with Gasteiger partial charge in [0.15, 0.2) is 0 Å². The summed E-state index contributed by atoms with van der Waals surface area (Å²) in [6, 6.07) is 5.02. The molecule has 6 N–H and O–H groups in total. The minimum Gasteiger partial charge on any atom is -0.481 e. The number of benzene rings is 1. The fourth-order valence-electron chi connectivity index (χ4n) is 4.23. The van der Waals surface area contributed by atoms with Gasteiger partial charge >= 0.3 is 11.9 Å². The molecule has 3 amide bonds. The van der Waals surface area contributed by atoms with E-state index in [0.717, 1.165) is 5.56 Å². The van der Waals surface area contributed by atoms with Crippen LogP contribution in [0.15, 0.2) is 30.3 Å². The first kappa shape index (κ1) is 28.8. The maximum atomic E-state index is 13.2. The number of aliphatic carboxylic acids is 2. The van der Waals surface area contributed by atoms with Gasteiger partial charge in [-0.15, -0.1) is 0 Å². The first-order valence-corrected chi connectivity index (χ1v) is 12.1. The van der Waals surface area contributed by atoms with Gasteiger partial charge in [0.25, 0.3) is 0 Å². The summed E-state index contributed by atoms with van der Waals surface area (Å²) in [7, 11) is 0. The van der Waals surface area contributed by atoms with Crippen molar-refractivity contribution in [2.75, 3.05) is 6.54 Å². The number of rotatable bonds is 13. The van der Waals surface area contributed by atoms with E-state index in [4.69, 9.17) is 10.8 Å². The molecule has 1 aliphatic rings. The number of carbonyl (C=O) groups excluding carboxylic acids is 3. The Kier molecular flexibility index (Phi) is 10.8. The first-order valence-electron chi connectivity index (χ1n) is 12.1. The molecule has 1 saturated heterocycles. The number of likely N-dealkylation sites (tertiary alicyclic amines) is 1. The van der Waals surface area contributed by atoms with Crippen molar-refractivity contribution in [2.24, 2.45) is 11.7 Å². The van der Waals surface area contributed by atoms with Crippen LogP contribution in [0.4, 0.5) is 0 Å². The van der Waals surface area contributed by atoms with Crippen molar-refractivity contribution in [3.8, 4) is 0 Å². The number of nitrogens with two attached hydrogens (primary N) is 1. The molecule has 0 bridgehead atoms. The molecule has 2 rings (SSSR count). The molecule has 0 aromatic heterocycles. The molecule has 198 valence electrons. The van der Waals surface area contributed by atoms with Crippen molar-refractivity contribution in [2.45, 2.75) is 76.5 Å². The van der Waals surface area contributed by atoms with Crippen molar-refractivity contribution in [1.82, 2.24) is 15.5 Å². The lowest BCUT2D eigenvalue weighted by molar-refractivity contribution is -0.150. The van der Waals surface area contributed by atoms with Crippen LogP contribution in [-0.4, -0.2) is 75.5 Å². The van der Waals surface area contributed by atoms with Gasteiger partial charge in [0.05, 0.1) is 6.04 Å². The molecule has 0 radical (unpaired) electrons. The topological polar surface area (TPSA) is 179 Å². The average molecular weight is 505 g/mol. The third-order valence-corrected chi connectivity index (χ3v) is 6.06. The second kappa shape index (κ2) is 13.6. The van der Waals surface area contributed by atoms with Gasteiger partial charge < -0.3 is 31.5 Å². The third-order valence-electron chi connectivity index (χ3n) is 6.06. The number of carboxylic acids is 2. The Labute approximate surface area is 210 Å². The second-order valence-electron chi connectivity index (χ2n) is 9.51. The Morgan fingerprint density at radius 1 is 1.03 bits per heavy atom. The van der Waals surface area contributed by atoms with Gasteiger partial charge in [0, 0.05) is 13.0 Å². The van der Waals surface area contributed by atoms with Crippen LogP contribution in [0.5, 0.6) is 0 Å².